The number of hydrogen-bond acceptors (Lipinski definition) is 3. The molecule has 0 aliphatic heterocycles. The Kier molecular flexibility index (Phi) is 7.86. The van der Waals surface area contributed by atoms with Gasteiger partial charge in [0.15, 0.2) is 0 Å². The van der Waals surface area contributed by atoms with Crippen LogP contribution >= 0.6 is 15.9 Å². The summed E-state index contributed by atoms with van der Waals surface area (Å²) in [6, 6.07) is 27.9. The highest BCUT2D eigenvalue weighted by Gasteiger charge is 2.25. The number of anilines is 2. The molecule has 0 atom stereocenters. The molecule has 0 saturated heterocycles. The van der Waals surface area contributed by atoms with Crippen LogP contribution in [-0.4, -0.2) is 18.9 Å². The number of ether oxygens (including phenoxy) is 1. The topological polar surface area (TPSA) is 58.6 Å². The zero-order valence-corrected chi connectivity index (χ0v) is 22.0. The van der Waals surface area contributed by atoms with Crippen LogP contribution < -0.4 is 15.0 Å². The molecule has 0 saturated carbocycles. The maximum absolute atomic E-state index is 13.9. The van der Waals surface area contributed by atoms with Crippen LogP contribution in [-0.2, 0) is 6.54 Å². The fraction of sp³-hybridized carbons (Fsp3) is 0.133. The molecule has 4 aromatic rings. The molecule has 0 bridgehead atoms. The third-order valence-corrected chi connectivity index (χ3v) is 6.52. The van der Waals surface area contributed by atoms with E-state index in [1.807, 2.05) is 68.4 Å². The van der Waals surface area contributed by atoms with Crippen LogP contribution in [0.25, 0.3) is 0 Å². The summed E-state index contributed by atoms with van der Waals surface area (Å²) >= 11 is 3.46. The third kappa shape index (κ3) is 5.50. The molecule has 0 aromatic heterocycles. The normalized spacial score (nSPS) is 10.6. The number of hydrogen-bond donors (Lipinski definition) is 1. The Morgan fingerprint density at radius 1 is 0.806 bits per heavy atom. The fourth-order valence-electron chi connectivity index (χ4n) is 4.10. The maximum atomic E-state index is 13.9. The van der Waals surface area contributed by atoms with Gasteiger partial charge in [-0.25, -0.2) is 0 Å². The first kappa shape index (κ1) is 25.2. The van der Waals surface area contributed by atoms with E-state index in [4.69, 9.17) is 4.74 Å². The van der Waals surface area contributed by atoms with E-state index in [9.17, 15) is 9.59 Å². The van der Waals surface area contributed by atoms with Gasteiger partial charge < -0.3 is 15.0 Å². The smallest absolute Gasteiger partial charge is 0.262 e. The van der Waals surface area contributed by atoms with E-state index in [0.29, 0.717) is 22.6 Å². The second kappa shape index (κ2) is 11.2. The Morgan fingerprint density at radius 3 is 2.08 bits per heavy atom. The number of para-hydroxylation sites is 3. The zero-order valence-electron chi connectivity index (χ0n) is 20.4. The summed E-state index contributed by atoms with van der Waals surface area (Å²) in [5, 5.41) is 3.05. The number of amides is 2. The summed E-state index contributed by atoms with van der Waals surface area (Å²) in [5.41, 5.74) is 4.97. The van der Waals surface area contributed by atoms with Crippen molar-refractivity contribution in [2.24, 2.45) is 0 Å². The molecule has 0 radical (unpaired) electrons. The molecule has 182 valence electrons. The molecule has 36 heavy (non-hydrogen) atoms. The summed E-state index contributed by atoms with van der Waals surface area (Å²) in [7, 11) is 1.54. The van der Waals surface area contributed by atoms with Gasteiger partial charge in [-0.1, -0.05) is 70.5 Å². The van der Waals surface area contributed by atoms with E-state index in [2.05, 4.69) is 21.2 Å². The van der Waals surface area contributed by atoms with Gasteiger partial charge >= 0.3 is 0 Å². The number of nitrogens with one attached hydrogen (secondary N) is 1. The molecule has 0 aliphatic rings. The van der Waals surface area contributed by atoms with Crippen molar-refractivity contribution in [3.8, 4) is 5.75 Å². The van der Waals surface area contributed by atoms with Crippen molar-refractivity contribution in [3.63, 3.8) is 0 Å². The molecule has 0 spiro atoms. The molecule has 2 amide bonds. The van der Waals surface area contributed by atoms with Crippen molar-refractivity contribution in [2.75, 3.05) is 17.3 Å². The lowest BCUT2D eigenvalue weighted by Crippen LogP contribution is -2.32. The largest absolute Gasteiger partial charge is 0.496 e. The van der Waals surface area contributed by atoms with Crippen LogP contribution in [0.2, 0.25) is 0 Å². The summed E-state index contributed by atoms with van der Waals surface area (Å²) in [4.78, 5) is 29.1. The van der Waals surface area contributed by atoms with Gasteiger partial charge in [-0.15, -0.1) is 0 Å². The molecule has 6 heteroatoms. The van der Waals surface area contributed by atoms with Crippen LogP contribution in [0.3, 0.4) is 0 Å². The van der Waals surface area contributed by atoms with E-state index in [-0.39, 0.29) is 18.4 Å². The van der Waals surface area contributed by atoms with E-state index < -0.39 is 0 Å². The molecular formula is C30H27BrN2O3. The number of carbonyl (C=O) groups excluding carboxylic acids is 2. The number of aryl methyl sites for hydroxylation is 2. The average molecular weight is 543 g/mol. The highest BCUT2D eigenvalue weighted by atomic mass is 79.9. The van der Waals surface area contributed by atoms with E-state index in [1.165, 1.54) is 7.11 Å². The minimum absolute atomic E-state index is 0.261. The van der Waals surface area contributed by atoms with E-state index in [1.54, 1.807) is 41.3 Å². The van der Waals surface area contributed by atoms with Gasteiger partial charge in [0.05, 0.1) is 30.5 Å². The Morgan fingerprint density at radius 2 is 1.42 bits per heavy atom. The van der Waals surface area contributed by atoms with Gasteiger partial charge in [-0.2, -0.15) is 0 Å². The summed E-state index contributed by atoms with van der Waals surface area (Å²) in [6.07, 6.45) is 0. The molecule has 0 unspecified atom stereocenters. The van der Waals surface area contributed by atoms with Crippen LogP contribution in [0.15, 0.2) is 95.5 Å². The van der Waals surface area contributed by atoms with Crippen molar-refractivity contribution in [2.45, 2.75) is 20.4 Å². The second-order valence-electron chi connectivity index (χ2n) is 8.46. The standard InChI is InChI=1S/C30H27BrN2O3/c1-20-9-8-10-21(2)28(20)32-29(34)24-11-4-6-13-26(24)33(19-22-15-17-23(31)18-16-22)30(35)25-12-5-7-14-27(25)36-3/h4-18H,19H2,1-3H3,(H,32,34). The van der Waals surface area contributed by atoms with Crippen LogP contribution in [0, 0.1) is 13.8 Å². The Hall–Kier alpha value is -3.90. The van der Waals surface area contributed by atoms with Crippen LogP contribution in [0.1, 0.15) is 37.4 Å². The zero-order chi connectivity index (χ0) is 25.7. The first-order valence-corrected chi connectivity index (χ1v) is 12.3. The number of rotatable bonds is 7. The van der Waals surface area contributed by atoms with Crippen molar-refractivity contribution in [1.29, 1.82) is 0 Å². The minimum atomic E-state index is -0.281. The molecule has 0 heterocycles. The van der Waals surface area contributed by atoms with Gasteiger partial charge in [-0.3, -0.25) is 9.59 Å². The highest BCUT2D eigenvalue weighted by Crippen LogP contribution is 2.29. The van der Waals surface area contributed by atoms with Crippen molar-refractivity contribution in [1.82, 2.24) is 0 Å². The quantitative estimate of drug-likeness (QED) is 0.269. The minimum Gasteiger partial charge on any atom is -0.496 e. The lowest BCUT2D eigenvalue weighted by molar-refractivity contribution is 0.0982. The summed E-state index contributed by atoms with van der Waals surface area (Å²) < 4.78 is 6.42. The maximum Gasteiger partial charge on any atom is 0.262 e. The second-order valence-corrected chi connectivity index (χ2v) is 9.37. The number of benzene rings is 4. The Balaban J connectivity index is 1.78. The van der Waals surface area contributed by atoms with Gasteiger partial charge in [0, 0.05) is 10.2 Å². The predicted molar refractivity (Wildman–Crippen MR) is 148 cm³/mol. The highest BCUT2D eigenvalue weighted by molar-refractivity contribution is 9.10. The number of nitrogens with zero attached hydrogens (tertiary/aromatic N) is 1. The van der Waals surface area contributed by atoms with Gasteiger partial charge in [0.1, 0.15) is 5.75 Å². The van der Waals surface area contributed by atoms with Crippen molar-refractivity contribution >= 4 is 39.1 Å². The number of halogens is 1. The van der Waals surface area contributed by atoms with Crippen molar-refractivity contribution < 1.29 is 14.3 Å². The molecule has 1 N–H and O–H groups in total. The van der Waals surface area contributed by atoms with Crippen molar-refractivity contribution in [3.05, 3.63) is 123 Å². The third-order valence-electron chi connectivity index (χ3n) is 6.00. The monoisotopic (exact) mass is 542 g/mol. The molecule has 4 rings (SSSR count). The summed E-state index contributed by atoms with van der Waals surface area (Å²) in [5.74, 6) is -0.0694. The van der Waals surface area contributed by atoms with Gasteiger partial charge in [-0.05, 0) is 66.9 Å². The van der Waals surface area contributed by atoms with Crippen LogP contribution in [0.4, 0.5) is 11.4 Å². The van der Waals surface area contributed by atoms with E-state index >= 15 is 0 Å². The average Bonchev–Trinajstić information content (AvgIpc) is 2.90. The molecular weight excluding hydrogens is 516 g/mol. The number of carbonyl (C=O) groups is 2. The lowest BCUT2D eigenvalue weighted by Gasteiger charge is -2.26. The molecule has 0 aliphatic carbocycles. The number of methoxy groups -OCH3 is 1. The van der Waals surface area contributed by atoms with Gasteiger partial charge in [0.25, 0.3) is 11.8 Å². The Bertz CT molecular complexity index is 1380. The summed E-state index contributed by atoms with van der Waals surface area (Å²) in [6.45, 7) is 4.19. The molecule has 0 fully saturated rings. The Labute approximate surface area is 219 Å². The van der Waals surface area contributed by atoms with Gasteiger partial charge in [0.2, 0.25) is 0 Å². The fourth-order valence-corrected chi connectivity index (χ4v) is 4.36. The molecule has 5 nitrogen and oxygen atoms in total. The SMILES string of the molecule is COc1ccccc1C(=O)N(Cc1ccc(Br)cc1)c1ccccc1C(=O)Nc1c(C)cccc1C. The van der Waals surface area contributed by atoms with Crippen LogP contribution in [0.5, 0.6) is 5.75 Å². The van der Waals surface area contributed by atoms with E-state index in [0.717, 1.165) is 26.9 Å². The first-order chi connectivity index (χ1) is 17.4. The predicted octanol–water partition coefficient (Wildman–Crippen LogP) is 7.17. The molecule has 4 aromatic carbocycles. The lowest BCUT2D eigenvalue weighted by atomic mass is 10.1. The first-order valence-electron chi connectivity index (χ1n) is 11.5.